The number of carbonyl (C=O) groups excluding carboxylic acids is 1. The van der Waals surface area contributed by atoms with Gasteiger partial charge in [0.15, 0.2) is 0 Å². The number of hydrogen-bond donors (Lipinski definition) is 2. The lowest BCUT2D eigenvalue weighted by Crippen LogP contribution is -2.49. The molecule has 3 saturated heterocycles. The zero-order valence-corrected chi connectivity index (χ0v) is 26.9. The van der Waals surface area contributed by atoms with E-state index in [1.807, 2.05) is 23.2 Å². The molecule has 5 heterocycles. The van der Waals surface area contributed by atoms with Gasteiger partial charge in [-0.1, -0.05) is 12.6 Å². The van der Waals surface area contributed by atoms with Crippen LogP contribution in [-0.2, 0) is 24.1 Å². The molecule has 0 bridgehead atoms. The van der Waals surface area contributed by atoms with Crippen molar-refractivity contribution < 1.29 is 27.1 Å². The lowest BCUT2D eigenvalue weighted by atomic mass is 9.85. The summed E-state index contributed by atoms with van der Waals surface area (Å²) in [5.74, 6) is 1.38. The van der Waals surface area contributed by atoms with E-state index < -0.39 is 22.1 Å². The Hall–Kier alpha value is -3.88. The molecule has 1 amide bonds. The standard InChI is InChI=1S/C32H40FN7O5S/c1-4-31(41)36-26-9-12-45-18-24(26)21-5-6-27(40-15-20(16-40)19-46(3,42)43)23-14-35-30(13-22(21)23)37-29-7-10-34-32(38-29)39-11-8-28(44-2)25(33)17-39/h4-7,10,13-14,20,24-26,28H,1,8-9,11-12,15-19H2,2-3H3,(H,36,41)(H,34,35,37,38)/t24-,25+,26-,28-/m1/s1. The summed E-state index contributed by atoms with van der Waals surface area (Å²) < 4.78 is 49.4. The van der Waals surface area contributed by atoms with Gasteiger partial charge >= 0.3 is 0 Å². The topological polar surface area (TPSA) is 139 Å². The Labute approximate surface area is 268 Å². The molecule has 14 heteroatoms. The van der Waals surface area contributed by atoms with Crippen LogP contribution in [0.3, 0.4) is 0 Å². The average molecular weight is 654 g/mol. The van der Waals surface area contributed by atoms with Crippen molar-refractivity contribution in [3.05, 3.63) is 54.9 Å². The second-order valence-electron chi connectivity index (χ2n) is 12.3. The summed E-state index contributed by atoms with van der Waals surface area (Å²) in [7, 11) is -1.54. The number of nitrogens with zero attached hydrogens (tertiary/aromatic N) is 5. The van der Waals surface area contributed by atoms with Gasteiger partial charge in [0.1, 0.15) is 27.6 Å². The number of pyridine rings is 1. The molecule has 0 aliphatic carbocycles. The monoisotopic (exact) mass is 653 g/mol. The van der Waals surface area contributed by atoms with Gasteiger partial charge in [-0.2, -0.15) is 4.98 Å². The number of ether oxygens (including phenoxy) is 2. The molecule has 46 heavy (non-hydrogen) atoms. The molecule has 1 aromatic carbocycles. The Bertz CT molecular complexity index is 1700. The van der Waals surface area contributed by atoms with Crippen LogP contribution in [0.25, 0.3) is 10.8 Å². The zero-order chi connectivity index (χ0) is 32.4. The Balaban J connectivity index is 1.31. The van der Waals surface area contributed by atoms with E-state index >= 15 is 0 Å². The normalized spacial score (nSPS) is 24.0. The molecule has 246 valence electrons. The number of anilines is 4. The van der Waals surface area contributed by atoms with Gasteiger partial charge in [0.05, 0.1) is 25.0 Å². The first-order valence-electron chi connectivity index (χ1n) is 15.5. The quantitative estimate of drug-likeness (QED) is 0.312. The highest BCUT2D eigenvalue weighted by molar-refractivity contribution is 7.90. The molecular weight excluding hydrogens is 613 g/mol. The van der Waals surface area contributed by atoms with Crippen LogP contribution in [0, 0.1) is 5.92 Å². The third-order valence-corrected chi connectivity index (χ3v) is 10.1. The van der Waals surface area contributed by atoms with Crippen molar-refractivity contribution in [1.29, 1.82) is 0 Å². The second kappa shape index (κ2) is 13.5. The first-order valence-corrected chi connectivity index (χ1v) is 17.6. The molecule has 2 N–H and O–H groups in total. The Morgan fingerprint density at radius 3 is 2.72 bits per heavy atom. The first kappa shape index (κ1) is 32.1. The molecule has 4 atom stereocenters. The molecule has 0 saturated carbocycles. The van der Waals surface area contributed by atoms with E-state index in [9.17, 15) is 17.6 Å². The molecule has 0 spiro atoms. The van der Waals surface area contributed by atoms with Gasteiger partial charge < -0.3 is 29.9 Å². The van der Waals surface area contributed by atoms with E-state index in [-0.39, 0.29) is 36.1 Å². The summed E-state index contributed by atoms with van der Waals surface area (Å²) >= 11 is 0. The molecule has 3 aromatic rings. The molecule has 6 rings (SSSR count). The minimum atomic E-state index is -3.06. The number of nitrogens with one attached hydrogen (secondary N) is 2. The van der Waals surface area contributed by atoms with Gasteiger partial charge in [-0.25, -0.2) is 22.8 Å². The van der Waals surface area contributed by atoms with Crippen LogP contribution in [0.15, 0.2) is 49.3 Å². The molecule has 2 aromatic heterocycles. The maximum Gasteiger partial charge on any atom is 0.243 e. The van der Waals surface area contributed by atoms with E-state index in [2.05, 4.69) is 38.1 Å². The van der Waals surface area contributed by atoms with Gasteiger partial charge in [-0.15, -0.1) is 0 Å². The number of methoxy groups -OCH3 is 1. The van der Waals surface area contributed by atoms with Crippen molar-refractivity contribution in [2.45, 2.75) is 37.1 Å². The van der Waals surface area contributed by atoms with Crippen molar-refractivity contribution in [3.8, 4) is 0 Å². The molecule has 3 fully saturated rings. The van der Waals surface area contributed by atoms with Crippen LogP contribution in [0.2, 0.25) is 0 Å². The zero-order valence-electron chi connectivity index (χ0n) is 26.1. The van der Waals surface area contributed by atoms with E-state index in [4.69, 9.17) is 14.5 Å². The summed E-state index contributed by atoms with van der Waals surface area (Å²) in [5, 5.41) is 8.23. The maximum absolute atomic E-state index is 14.6. The number of sulfone groups is 1. The van der Waals surface area contributed by atoms with Crippen LogP contribution in [0.1, 0.15) is 24.3 Å². The van der Waals surface area contributed by atoms with Crippen molar-refractivity contribution >= 4 is 49.8 Å². The highest BCUT2D eigenvalue weighted by Crippen LogP contribution is 2.39. The van der Waals surface area contributed by atoms with Crippen molar-refractivity contribution in [1.82, 2.24) is 20.3 Å². The largest absolute Gasteiger partial charge is 0.381 e. The lowest BCUT2D eigenvalue weighted by molar-refractivity contribution is -0.118. The number of piperidine rings is 1. The predicted molar refractivity (Wildman–Crippen MR) is 175 cm³/mol. The second-order valence-corrected chi connectivity index (χ2v) is 14.5. The van der Waals surface area contributed by atoms with E-state index in [1.54, 1.807) is 12.3 Å². The average Bonchev–Trinajstić information content (AvgIpc) is 3.02. The van der Waals surface area contributed by atoms with Gasteiger partial charge in [0.2, 0.25) is 11.9 Å². The van der Waals surface area contributed by atoms with E-state index in [0.717, 1.165) is 22.0 Å². The summed E-state index contributed by atoms with van der Waals surface area (Å²) in [6.07, 6.45) is 5.63. The summed E-state index contributed by atoms with van der Waals surface area (Å²) in [5.41, 5.74) is 1.97. The van der Waals surface area contributed by atoms with E-state index in [0.29, 0.717) is 63.3 Å². The highest BCUT2D eigenvalue weighted by Gasteiger charge is 2.34. The minimum Gasteiger partial charge on any atom is -0.381 e. The number of fused-ring (bicyclic) bond motifs is 1. The summed E-state index contributed by atoms with van der Waals surface area (Å²) in [6.45, 7) is 6.59. The summed E-state index contributed by atoms with van der Waals surface area (Å²) in [6, 6.07) is 7.67. The molecule has 0 radical (unpaired) electrons. The van der Waals surface area contributed by atoms with Gasteiger partial charge in [0, 0.05) is 81.0 Å². The fourth-order valence-electron chi connectivity index (χ4n) is 6.71. The maximum atomic E-state index is 14.6. The molecule has 12 nitrogen and oxygen atoms in total. The number of halogens is 1. The molecule has 0 unspecified atom stereocenters. The fourth-order valence-corrected chi connectivity index (χ4v) is 7.77. The predicted octanol–water partition coefficient (Wildman–Crippen LogP) is 2.99. The van der Waals surface area contributed by atoms with Gasteiger partial charge in [-0.3, -0.25) is 4.79 Å². The molecule has 3 aliphatic heterocycles. The molecule has 3 aliphatic rings. The smallest absolute Gasteiger partial charge is 0.243 e. The fraction of sp³-hybridized carbons (Fsp3) is 0.500. The van der Waals surface area contributed by atoms with Gasteiger partial charge in [-0.05, 0) is 48.1 Å². The number of alkyl halides is 1. The molecular formula is C32H40FN7O5S. The Kier molecular flexibility index (Phi) is 9.39. The van der Waals surface area contributed by atoms with Crippen molar-refractivity contribution in [2.24, 2.45) is 5.92 Å². The van der Waals surface area contributed by atoms with Crippen molar-refractivity contribution in [2.75, 3.05) is 73.6 Å². The third-order valence-electron chi connectivity index (χ3n) is 8.98. The lowest BCUT2D eigenvalue weighted by Gasteiger charge is -2.41. The number of hydrogen-bond acceptors (Lipinski definition) is 11. The number of amides is 1. The third kappa shape index (κ3) is 7.08. The number of rotatable bonds is 10. The van der Waals surface area contributed by atoms with Crippen LogP contribution in [0.4, 0.5) is 27.7 Å². The Morgan fingerprint density at radius 2 is 1.98 bits per heavy atom. The van der Waals surface area contributed by atoms with Crippen LogP contribution < -0.4 is 20.4 Å². The minimum absolute atomic E-state index is 0.0730. The number of benzene rings is 1. The van der Waals surface area contributed by atoms with Crippen LogP contribution in [-0.4, -0.2) is 106 Å². The van der Waals surface area contributed by atoms with E-state index in [1.165, 1.54) is 19.4 Å². The summed E-state index contributed by atoms with van der Waals surface area (Å²) in [4.78, 5) is 30.0. The van der Waals surface area contributed by atoms with Crippen molar-refractivity contribution in [3.63, 3.8) is 0 Å². The van der Waals surface area contributed by atoms with Crippen LogP contribution in [0.5, 0.6) is 0 Å². The van der Waals surface area contributed by atoms with Crippen LogP contribution >= 0.6 is 0 Å². The first-order chi connectivity index (χ1) is 22.1. The highest BCUT2D eigenvalue weighted by atomic mass is 32.2. The number of carbonyl (C=O) groups is 1. The van der Waals surface area contributed by atoms with Gasteiger partial charge in [0.25, 0.3) is 0 Å². The SMILES string of the molecule is C=CC(=O)N[C@@H]1CCOC[C@@H]1c1ccc(N2CC(CS(C)(=O)=O)C2)c2cnc(Nc3ccnc(N4CC[C@@H](OC)[C@@H](F)C4)n3)cc12. The number of aromatic nitrogens is 3. The Morgan fingerprint density at radius 1 is 1.15 bits per heavy atom.